The van der Waals surface area contributed by atoms with Gasteiger partial charge in [0.25, 0.3) is 0 Å². The van der Waals surface area contributed by atoms with E-state index in [2.05, 4.69) is 23.6 Å². The lowest BCUT2D eigenvalue weighted by Crippen LogP contribution is -2.17. The molecular weight excluding hydrogens is 338 g/mol. The first-order valence-electron chi connectivity index (χ1n) is 9.13. The molecule has 0 saturated carbocycles. The zero-order valence-corrected chi connectivity index (χ0v) is 15.9. The van der Waals surface area contributed by atoms with Gasteiger partial charge in [-0.2, -0.15) is 0 Å². The standard InChI is InChI=1S/C22H23N3O2/c1-24(2)11-6-12-25-19-10-9-15(27-3)13-18(19)23-22-17-8-5-4-7-16(17)21(26)14-20(22)25/h4-5,7-10,13-14H,6,11-12H2,1-3H3. The van der Waals surface area contributed by atoms with Gasteiger partial charge in [0.15, 0.2) is 5.43 Å². The van der Waals surface area contributed by atoms with E-state index >= 15 is 0 Å². The SMILES string of the molecule is COc1ccc2c(c1)nc1c3ccccc3c(=O)cc-1n2CCCN(C)C. The maximum Gasteiger partial charge on any atom is 0.188 e. The molecule has 0 spiro atoms. The smallest absolute Gasteiger partial charge is 0.188 e. The van der Waals surface area contributed by atoms with Crippen LogP contribution in [0, 0.1) is 0 Å². The van der Waals surface area contributed by atoms with E-state index in [0.717, 1.165) is 53.1 Å². The molecule has 2 aromatic carbocycles. The van der Waals surface area contributed by atoms with Crippen molar-refractivity contribution in [1.29, 1.82) is 0 Å². The fourth-order valence-corrected chi connectivity index (χ4v) is 3.62. The van der Waals surface area contributed by atoms with Crippen molar-refractivity contribution in [2.75, 3.05) is 27.7 Å². The number of hydrogen-bond donors (Lipinski definition) is 0. The normalized spacial score (nSPS) is 11.7. The second-order valence-electron chi connectivity index (χ2n) is 7.06. The van der Waals surface area contributed by atoms with E-state index in [9.17, 15) is 4.79 Å². The summed E-state index contributed by atoms with van der Waals surface area (Å²) in [5.41, 5.74) is 3.66. The highest BCUT2D eigenvalue weighted by Crippen LogP contribution is 2.31. The molecule has 1 aliphatic carbocycles. The van der Waals surface area contributed by atoms with E-state index in [1.807, 2.05) is 42.5 Å². The molecule has 0 bridgehead atoms. The number of nitrogens with zero attached hydrogens (tertiary/aromatic N) is 3. The van der Waals surface area contributed by atoms with Gasteiger partial charge >= 0.3 is 0 Å². The topological polar surface area (TPSA) is 47.4 Å². The van der Waals surface area contributed by atoms with Crippen LogP contribution < -0.4 is 10.2 Å². The summed E-state index contributed by atoms with van der Waals surface area (Å²) in [5, 5.41) is 1.60. The average Bonchev–Trinajstić information content (AvgIpc) is 2.67. The van der Waals surface area contributed by atoms with Crippen LogP contribution in [0.25, 0.3) is 33.2 Å². The molecule has 0 amide bonds. The Hall–Kier alpha value is -2.92. The number of hydrogen-bond acceptors (Lipinski definition) is 4. The second-order valence-corrected chi connectivity index (χ2v) is 7.06. The lowest BCUT2D eigenvalue weighted by atomic mass is 10.0. The first-order chi connectivity index (χ1) is 13.1. The summed E-state index contributed by atoms with van der Waals surface area (Å²) in [7, 11) is 5.80. The van der Waals surface area contributed by atoms with Gasteiger partial charge in [-0.3, -0.25) is 4.79 Å². The highest BCUT2D eigenvalue weighted by atomic mass is 16.5. The van der Waals surface area contributed by atoms with Crippen molar-refractivity contribution in [1.82, 2.24) is 14.5 Å². The van der Waals surface area contributed by atoms with Gasteiger partial charge in [0.05, 0.1) is 29.5 Å². The number of benzene rings is 3. The van der Waals surface area contributed by atoms with Crippen molar-refractivity contribution in [2.45, 2.75) is 13.0 Å². The number of aromatic nitrogens is 2. The molecule has 1 aliphatic heterocycles. The molecule has 1 heterocycles. The second kappa shape index (κ2) is 7.00. The molecule has 0 aromatic heterocycles. The Balaban J connectivity index is 2.03. The summed E-state index contributed by atoms with van der Waals surface area (Å²) < 4.78 is 7.60. The highest BCUT2D eigenvalue weighted by molar-refractivity contribution is 5.97. The molecule has 0 unspecified atom stereocenters. The summed E-state index contributed by atoms with van der Waals surface area (Å²) in [5.74, 6) is 0.777. The van der Waals surface area contributed by atoms with Gasteiger partial charge in [-0.25, -0.2) is 4.98 Å². The van der Waals surface area contributed by atoms with Crippen LogP contribution in [-0.4, -0.2) is 42.2 Å². The molecule has 2 aliphatic rings. The summed E-state index contributed by atoms with van der Waals surface area (Å²) in [6.07, 6.45) is 0.985. The Morgan fingerprint density at radius 2 is 1.85 bits per heavy atom. The molecule has 5 nitrogen and oxygen atoms in total. The lowest BCUT2D eigenvalue weighted by molar-refractivity contribution is 0.388. The number of aryl methyl sites for hydroxylation is 1. The van der Waals surface area contributed by atoms with E-state index in [1.165, 1.54) is 0 Å². The highest BCUT2D eigenvalue weighted by Gasteiger charge is 2.17. The Labute approximate surface area is 158 Å². The predicted octanol–water partition coefficient (Wildman–Crippen LogP) is 3.61. The molecule has 138 valence electrons. The Bertz CT molecular complexity index is 1150. The average molecular weight is 361 g/mol. The van der Waals surface area contributed by atoms with Gasteiger partial charge in [-0.1, -0.05) is 24.3 Å². The molecule has 0 atom stereocenters. The zero-order chi connectivity index (χ0) is 19.0. The molecule has 0 N–H and O–H groups in total. The van der Waals surface area contributed by atoms with Crippen molar-refractivity contribution in [3.63, 3.8) is 0 Å². The summed E-state index contributed by atoms with van der Waals surface area (Å²) >= 11 is 0. The Morgan fingerprint density at radius 1 is 1.07 bits per heavy atom. The van der Waals surface area contributed by atoms with E-state index in [1.54, 1.807) is 13.2 Å². The molecular formula is C22H23N3O2. The van der Waals surface area contributed by atoms with Crippen molar-refractivity contribution >= 4 is 21.8 Å². The molecule has 27 heavy (non-hydrogen) atoms. The van der Waals surface area contributed by atoms with Gasteiger partial charge < -0.3 is 14.2 Å². The van der Waals surface area contributed by atoms with Crippen LogP contribution >= 0.6 is 0 Å². The van der Waals surface area contributed by atoms with Crippen molar-refractivity contribution < 1.29 is 4.74 Å². The molecule has 0 fully saturated rings. The predicted molar refractivity (Wildman–Crippen MR) is 110 cm³/mol. The number of methoxy groups -OCH3 is 1. The van der Waals surface area contributed by atoms with Gasteiger partial charge in [-0.15, -0.1) is 0 Å². The van der Waals surface area contributed by atoms with Gasteiger partial charge in [0.1, 0.15) is 5.75 Å². The summed E-state index contributed by atoms with van der Waals surface area (Å²) in [6.45, 7) is 1.80. The molecule has 4 rings (SSSR count). The number of rotatable bonds is 5. The van der Waals surface area contributed by atoms with Crippen molar-refractivity contribution in [3.05, 3.63) is 58.8 Å². The fourth-order valence-electron chi connectivity index (χ4n) is 3.62. The minimum atomic E-state index is 0.0362. The van der Waals surface area contributed by atoms with Gasteiger partial charge in [0.2, 0.25) is 0 Å². The van der Waals surface area contributed by atoms with Crippen LogP contribution in [0.1, 0.15) is 6.42 Å². The third-order valence-electron chi connectivity index (χ3n) is 4.94. The van der Waals surface area contributed by atoms with E-state index in [0.29, 0.717) is 5.39 Å². The third-order valence-corrected chi connectivity index (χ3v) is 4.94. The summed E-state index contributed by atoms with van der Waals surface area (Å²) in [6, 6.07) is 15.3. The van der Waals surface area contributed by atoms with Crippen LogP contribution in [0.5, 0.6) is 5.75 Å². The van der Waals surface area contributed by atoms with Crippen LogP contribution in [0.3, 0.4) is 0 Å². The fraction of sp³-hybridized carbons (Fsp3) is 0.273. The number of ether oxygens (including phenoxy) is 1. The van der Waals surface area contributed by atoms with Gasteiger partial charge in [-0.05, 0) is 39.2 Å². The summed E-state index contributed by atoms with van der Waals surface area (Å²) in [4.78, 5) is 19.8. The van der Waals surface area contributed by atoms with Crippen molar-refractivity contribution in [3.8, 4) is 17.1 Å². The maximum absolute atomic E-state index is 12.7. The minimum absolute atomic E-state index is 0.0362. The first kappa shape index (κ1) is 17.5. The molecule has 0 radical (unpaired) electrons. The lowest BCUT2D eigenvalue weighted by Gasteiger charge is -2.21. The minimum Gasteiger partial charge on any atom is -0.497 e. The molecule has 0 saturated heterocycles. The van der Waals surface area contributed by atoms with E-state index in [4.69, 9.17) is 9.72 Å². The maximum atomic E-state index is 12.7. The first-order valence-corrected chi connectivity index (χ1v) is 9.13. The van der Waals surface area contributed by atoms with Crippen LogP contribution in [0.2, 0.25) is 0 Å². The number of fused-ring (bicyclic) bond motifs is 4. The Morgan fingerprint density at radius 3 is 2.59 bits per heavy atom. The van der Waals surface area contributed by atoms with Gasteiger partial charge in [0, 0.05) is 29.4 Å². The largest absolute Gasteiger partial charge is 0.497 e. The quantitative estimate of drug-likeness (QED) is 0.402. The van der Waals surface area contributed by atoms with Crippen LogP contribution in [-0.2, 0) is 6.54 Å². The zero-order valence-electron chi connectivity index (χ0n) is 15.9. The van der Waals surface area contributed by atoms with Crippen molar-refractivity contribution in [2.24, 2.45) is 0 Å². The third kappa shape index (κ3) is 3.15. The monoisotopic (exact) mass is 361 g/mol. The van der Waals surface area contributed by atoms with Crippen LogP contribution in [0.15, 0.2) is 53.3 Å². The van der Waals surface area contributed by atoms with E-state index < -0.39 is 0 Å². The molecule has 2 aromatic rings. The molecule has 5 heteroatoms. The Kier molecular flexibility index (Phi) is 4.54. The van der Waals surface area contributed by atoms with Crippen LogP contribution in [0.4, 0.5) is 0 Å². The van der Waals surface area contributed by atoms with E-state index in [-0.39, 0.29) is 5.43 Å².